The van der Waals surface area contributed by atoms with Gasteiger partial charge in [0.25, 0.3) is 5.91 Å². The molecule has 0 aromatic heterocycles. The number of nitrogens with one attached hydrogen (secondary N) is 1. The van der Waals surface area contributed by atoms with Crippen molar-refractivity contribution in [3.63, 3.8) is 0 Å². The molecule has 26 heavy (non-hydrogen) atoms. The molecule has 0 atom stereocenters. The van der Waals surface area contributed by atoms with Crippen LogP contribution < -0.4 is 14.9 Å². The van der Waals surface area contributed by atoms with E-state index in [1.54, 1.807) is 18.2 Å². The van der Waals surface area contributed by atoms with Gasteiger partial charge in [-0.05, 0) is 36.8 Å². The van der Waals surface area contributed by atoms with Crippen LogP contribution in [0.1, 0.15) is 11.1 Å². The number of hydrazone groups is 1. The molecule has 0 aliphatic heterocycles. The summed E-state index contributed by atoms with van der Waals surface area (Å²) < 4.78 is 10.2. The van der Waals surface area contributed by atoms with Crippen molar-refractivity contribution in [1.29, 1.82) is 0 Å². The second-order valence-electron chi connectivity index (χ2n) is 5.21. The average Bonchev–Trinajstić information content (AvgIpc) is 2.60. The van der Waals surface area contributed by atoms with E-state index in [0.29, 0.717) is 5.75 Å². The number of aryl methyl sites for hydroxylation is 1. The maximum atomic E-state index is 11.7. The summed E-state index contributed by atoms with van der Waals surface area (Å²) in [5, 5.41) is 24.5. The fourth-order valence-electron chi connectivity index (χ4n) is 2.13. The number of amides is 1. The van der Waals surface area contributed by atoms with E-state index in [2.05, 4.69) is 10.5 Å². The van der Waals surface area contributed by atoms with E-state index in [9.17, 15) is 20.0 Å². The zero-order valence-electron chi connectivity index (χ0n) is 14.1. The zero-order chi connectivity index (χ0) is 19.1. The lowest BCUT2D eigenvalue weighted by molar-refractivity contribution is -0.386. The Hall–Kier alpha value is -3.62. The molecule has 0 saturated carbocycles. The van der Waals surface area contributed by atoms with Crippen molar-refractivity contribution in [2.75, 3.05) is 13.7 Å². The number of phenolic OH excluding ortho intramolecular Hbond substituents is 1. The molecule has 0 spiro atoms. The molecule has 0 bridgehead atoms. The van der Waals surface area contributed by atoms with Crippen LogP contribution in [0, 0.1) is 17.0 Å². The van der Waals surface area contributed by atoms with Gasteiger partial charge in [-0.1, -0.05) is 12.1 Å². The highest BCUT2D eigenvalue weighted by Gasteiger charge is 2.23. The van der Waals surface area contributed by atoms with E-state index < -0.39 is 16.5 Å². The van der Waals surface area contributed by atoms with Crippen LogP contribution in [0.5, 0.6) is 17.2 Å². The number of benzene rings is 2. The van der Waals surface area contributed by atoms with Crippen LogP contribution in [0.3, 0.4) is 0 Å². The van der Waals surface area contributed by atoms with Crippen LogP contribution in [0.4, 0.5) is 5.69 Å². The van der Waals surface area contributed by atoms with Gasteiger partial charge in [0.05, 0.1) is 23.8 Å². The van der Waals surface area contributed by atoms with Crippen LogP contribution >= 0.6 is 0 Å². The van der Waals surface area contributed by atoms with Gasteiger partial charge in [-0.2, -0.15) is 5.10 Å². The molecule has 9 heteroatoms. The van der Waals surface area contributed by atoms with Gasteiger partial charge in [0, 0.05) is 0 Å². The Morgan fingerprint density at radius 3 is 2.81 bits per heavy atom. The Labute approximate surface area is 149 Å². The predicted molar refractivity (Wildman–Crippen MR) is 93.7 cm³/mol. The molecular formula is C17H17N3O6. The van der Waals surface area contributed by atoms with Crippen molar-refractivity contribution in [3.8, 4) is 17.2 Å². The lowest BCUT2D eigenvalue weighted by atomic mass is 10.1. The normalized spacial score (nSPS) is 10.5. The highest BCUT2D eigenvalue weighted by Crippen LogP contribution is 2.37. The first-order valence-electron chi connectivity index (χ1n) is 7.48. The van der Waals surface area contributed by atoms with Gasteiger partial charge in [0.15, 0.2) is 12.4 Å². The van der Waals surface area contributed by atoms with Crippen molar-refractivity contribution in [2.45, 2.75) is 6.92 Å². The molecule has 0 heterocycles. The minimum absolute atomic E-state index is 0.0598. The molecule has 2 aromatic carbocycles. The molecule has 0 unspecified atom stereocenters. The third-order valence-corrected chi connectivity index (χ3v) is 3.28. The number of methoxy groups -OCH3 is 1. The van der Waals surface area contributed by atoms with Crippen molar-refractivity contribution < 1.29 is 24.3 Å². The second kappa shape index (κ2) is 8.47. The maximum Gasteiger partial charge on any atom is 0.323 e. The first-order chi connectivity index (χ1) is 12.4. The first-order valence-corrected chi connectivity index (χ1v) is 7.48. The third kappa shape index (κ3) is 4.69. The molecule has 2 N–H and O–H groups in total. The maximum absolute atomic E-state index is 11.7. The van der Waals surface area contributed by atoms with E-state index in [1.165, 1.54) is 19.2 Å². The van der Waals surface area contributed by atoms with Crippen molar-refractivity contribution in [2.24, 2.45) is 5.10 Å². The summed E-state index contributed by atoms with van der Waals surface area (Å²) in [6.07, 6.45) is 1.09. The first kappa shape index (κ1) is 18.7. The van der Waals surface area contributed by atoms with E-state index in [1.807, 2.05) is 13.0 Å². The average molecular weight is 359 g/mol. The van der Waals surface area contributed by atoms with Crippen LogP contribution in [0.25, 0.3) is 0 Å². The van der Waals surface area contributed by atoms with Gasteiger partial charge in [-0.3, -0.25) is 14.9 Å². The number of aromatic hydroxyl groups is 1. The van der Waals surface area contributed by atoms with Gasteiger partial charge in [0.2, 0.25) is 5.75 Å². The minimum Gasteiger partial charge on any atom is -0.504 e. The van der Waals surface area contributed by atoms with Crippen LogP contribution in [-0.2, 0) is 4.79 Å². The Morgan fingerprint density at radius 1 is 1.38 bits per heavy atom. The lowest BCUT2D eigenvalue weighted by Gasteiger charge is -2.06. The summed E-state index contributed by atoms with van der Waals surface area (Å²) in [4.78, 5) is 22.2. The van der Waals surface area contributed by atoms with Crippen LogP contribution in [0.2, 0.25) is 0 Å². The Morgan fingerprint density at radius 2 is 2.15 bits per heavy atom. The van der Waals surface area contributed by atoms with Gasteiger partial charge in [-0.15, -0.1) is 0 Å². The highest BCUT2D eigenvalue weighted by atomic mass is 16.6. The van der Waals surface area contributed by atoms with Gasteiger partial charge < -0.3 is 14.6 Å². The van der Waals surface area contributed by atoms with Crippen LogP contribution in [0.15, 0.2) is 41.5 Å². The predicted octanol–water partition coefficient (Wildman–Crippen LogP) is 2.15. The number of nitrogens with zero attached hydrogens (tertiary/aromatic N) is 2. The summed E-state index contributed by atoms with van der Waals surface area (Å²) in [5.74, 6) is -0.640. The van der Waals surface area contributed by atoms with Crippen LogP contribution in [-0.4, -0.2) is 35.9 Å². The molecule has 9 nitrogen and oxygen atoms in total. The van der Waals surface area contributed by atoms with Crippen molar-refractivity contribution in [1.82, 2.24) is 5.43 Å². The summed E-state index contributed by atoms with van der Waals surface area (Å²) in [6, 6.07) is 9.72. The molecule has 1 amide bonds. The number of nitro benzene ring substituents is 1. The zero-order valence-corrected chi connectivity index (χ0v) is 14.1. The fourth-order valence-corrected chi connectivity index (χ4v) is 2.13. The van der Waals surface area contributed by atoms with E-state index in [4.69, 9.17) is 9.47 Å². The highest BCUT2D eigenvalue weighted by molar-refractivity contribution is 5.89. The molecule has 0 aliphatic carbocycles. The molecule has 0 saturated heterocycles. The fraction of sp³-hybridized carbons (Fsp3) is 0.176. The molecule has 0 fully saturated rings. The Kier molecular flexibility index (Phi) is 6.10. The van der Waals surface area contributed by atoms with E-state index >= 15 is 0 Å². The summed E-state index contributed by atoms with van der Waals surface area (Å²) >= 11 is 0. The monoisotopic (exact) mass is 359 g/mol. The minimum atomic E-state index is -0.706. The van der Waals surface area contributed by atoms with Crippen molar-refractivity contribution in [3.05, 3.63) is 57.6 Å². The molecule has 2 aromatic rings. The number of ether oxygens (including phenoxy) is 2. The van der Waals surface area contributed by atoms with E-state index in [0.717, 1.165) is 11.8 Å². The standard InChI is InChI=1S/C17H17N3O6/c1-11-4-3-5-13(8-11)26-10-15(22)19-18-9-12-6-7-14(21)17(25-2)16(12)20(23)24/h3-9,21H,10H2,1-2H3,(H,19,22)/b18-9+. The molecular weight excluding hydrogens is 342 g/mol. The summed E-state index contributed by atoms with van der Waals surface area (Å²) in [6.45, 7) is 1.64. The summed E-state index contributed by atoms with van der Waals surface area (Å²) in [5.41, 5.74) is 2.81. The molecule has 2 rings (SSSR count). The van der Waals surface area contributed by atoms with Gasteiger partial charge in [-0.25, -0.2) is 5.43 Å². The van der Waals surface area contributed by atoms with Crippen molar-refractivity contribution >= 4 is 17.8 Å². The molecule has 136 valence electrons. The van der Waals surface area contributed by atoms with Gasteiger partial charge in [0.1, 0.15) is 5.75 Å². The Bertz CT molecular complexity index is 850. The quantitative estimate of drug-likeness (QED) is 0.443. The summed E-state index contributed by atoms with van der Waals surface area (Å²) in [7, 11) is 1.20. The number of hydrogen-bond donors (Lipinski definition) is 2. The van der Waals surface area contributed by atoms with E-state index in [-0.39, 0.29) is 23.7 Å². The third-order valence-electron chi connectivity index (χ3n) is 3.28. The lowest BCUT2D eigenvalue weighted by Crippen LogP contribution is -2.24. The largest absolute Gasteiger partial charge is 0.504 e. The number of rotatable bonds is 7. The molecule has 0 aliphatic rings. The Balaban J connectivity index is 2.01. The number of carbonyl (C=O) groups is 1. The van der Waals surface area contributed by atoms with Gasteiger partial charge >= 0.3 is 5.69 Å². The molecule has 0 radical (unpaired) electrons. The number of nitro groups is 1. The second-order valence-corrected chi connectivity index (χ2v) is 5.21. The number of carbonyl (C=O) groups excluding carboxylic acids is 1. The number of phenols is 1. The number of hydrogen-bond acceptors (Lipinski definition) is 7. The smallest absolute Gasteiger partial charge is 0.323 e. The topological polar surface area (TPSA) is 123 Å². The SMILES string of the molecule is COc1c(O)ccc(/C=N/NC(=O)COc2cccc(C)c2)c1[N+](=O)[O-].